The summed E-state index contributed by atoms with van der Waals surface area (Å²) >= 11 is 0. The zero-order chi connectivity index (χ0) is 14.1. The molecule has 3 heteroatoms. The quantitative estimate of drug-likeness (QED) is 0.798. The van der Waals surface area contributed by atoms with Gasteiger partial charge in [0.2, 0.25) is 0 Å². The molecule has 2 aromatic rings. The number of hydrogen-bond donors (Lipinski definition) is 0. The molecule has 0 saturated carbocycles. The topological polar surface area (TPSA) is 37.4 Å². The van der Waals surface area contributed by atoms with Crippen LogP contribution in [0.25, 0.3) is 0 Å². The maximum atomic E-state index is 12.3. The second kappa shape index (κ2) is 4.78. The van der Waals surface area contributed by atoms with Crippen LogP contribution in [0.5, 0.6) is 0 Å². The van der Waals surface area contributed by atoms with Gasteiger partial charge in [-0.3, -0.25) is 9.59 Å². The highest BCUT2D eigenvalue weighted by molar-refractivity contribution is 6.22. The lowest BCUT2D eigenvalue weighted by atomic mass is 9.97. The Hall–Kier alpha value is -2.68. The predicted molar refractivity (Wildman–Crippen MR) is 76.4 cm³/mol. The van der Waals surface area contributed by atoms with Crippen molar-refractivity contribution in [3.63, 3.8) is 0 Å². The van der Waals surface area contributed by atoms with E-state index in [9.17, 15) is 9.59 Å². The first-order chi connectivity index (χ1) is 9.72. The van der Waals surface area contributed by atoms with Crippen LogP contribution in [0.1, 0.15) is 31.8 Å². The van der Waals surface area contributed by atoms with Crippen LogP contribution in [0.3, 0.4) is 0 Å². The van der Waals surface area contributed by atoms with Gasteiger partial charge in [-0.15, -0.1) is 0 Å². The SMILES string of the molecule is C=CN1C(=O)c2cccc(Cc3ccccc3)c2C1=O. The number of carbonyl (C=O) groups excluding carboxylic acids is 2. The van der Waals surface area contributed by atoms with Gasteiger partial charge in [-0.05, 0) is 23.6 Å². The lowest BCUT2D eigenvalue weighted by molar-refractivity contribution is 0.0722. The molecule has 2 amide bonds. The first-order valence-corrected chi connectivity index (χ1v) is 6.38. The number of rotatable bonds is 3. The number of nitrogens with zero attached hydrogens (tertiary/aromatic N) is 1. The monoisotopic (exact) mass is 263 g/mol. The fourth-order valence-electron chi connectivity index (χ4n) is 2.50. The molecule has 0 aromatic heterocycles. The van der Waals surface area contributed by atoms with Crippen molar-refractivity contribution in [3.05, 3.63) is 83.6 Å². The van der Waals surface area contributed by atoms with Crippen molar-refractivity contribution in [2.75, 3.05) is 0 Å². The molecular formula is C17H13NO2. The molecule has 3 nitrogen and oxygen atoms in total. The van der Waals surface area contributed by atoms with Gasteiger partial charge in [0.15, 0.2) is 0 Å². The fraction of sp³-hybridized carbons (Fsp3) is 0.0588. The van der Waals surface area contributed by atoms with E-state index < -0.39 is 0 Å². The van der Waals surface area contributed by atoms with E-state index in [0.717, 1.165) is 16.0 Å². The van der Waals surface area contributed by atoms with Crippen LogP contribution in [-0.2, 0) is 6.42 Å². The lowest BCUT2D eigenvalue weighted by Gasteiger charge is -2.07. The van der Waals surface area contributed by atoms with E-state index in [4.69, 9.17) is 0 Å². The van der Waals surface area contributed by atoms with Crippen molar-refractivity contribution < 1.29 is 9.59 Å². The smallest absolute Gasteiger partial charge is 0.265 e. The number of fused-ring (bicyclic) bond motifs is 1. The van der Waals surface area contributed by atoms with Crippen molar-refractivity contribution in [2.45, 2.75) is 6.42 Å². The molecule has 1 heterocycles. The van der Waals surface area contributed by atoms with Gasteiger partial charge < -0.3 is 0 Å². The molecular weight excluding hydrogens is 250 g/mol. The Kier molecular flexibility index (Phi) is 2.95. The Morgan fingerprint density at radius 2 is 1.70 bits per heavy atom. The molecule has 0 unspecified atom stereocenters. The minimum atomic E-state index is -0.296. The van der Waals surface area contributed by atoms with Gasteiger partial charge in [0, 0.05) is 6.20 Å². The van der Waals surface area contributed by atoms with Gasteiger partial charge in [0.05, 0.1) is 11.1 Å². The molecule has 3 rings (SSSR count). The zero-order valence-electron chi connectivity index (χ0n) is 10.9. The molecule has 98 valence electrons. The number of imide groups is 1. The zero-order valence-corrected chi connectivity index (χ0v) is 10.9. The van der Waals surface area contributed by atoms with Gasteiger partial charge in [-0.1, -0.05) is 49.0 Å². The van der Waals surface area contributed by atoms with E-state index in [-0.39, 0.29) is 11.8 Å². The maximum Gasteiger partial charge on any atom is 0.265 e. The number of benzene rings is 2. The first-order valence-electron chi connectivity index (χ1n) is 6.38. The van der Waals surface area contributed by atoms with Gasteiger partial charge >= 0.3 is 0 Å². The van der Waals surface area contributed by atoms with Crippen molar-refractivity contribution >= 4 is 11.8 Å². The Morgan fingerprint density at radius 1 is 0.950 bits per heavy atom. The first kappa shape index (κ1) is 12.4. The molecule has 0 atom stereocenters. The molecule has 0 spiro atoms. The summed E-state index contributed by atoms with van der Waals surface area (Å²) in [6, 6.07) is 15.3. The molecule has 0 N–H and O–H groups in total. The van der Waals surface area contributed by atoms with E-state index >= 15 is 0 Å². The van der Waals surface area contributed by atoms with E-state index in [1.165, 1.54) is 6.20 Å². The van der Waals surface area contributed by atoms with Crippen LogP contribution in [0, 0.1) is 0 Å². The van der Waals surface area contributed by atoms with Crippen LogP contribution in [0.2, 0.25) is 0 Å². The van der Waals surface area contributed by atoms with Crippen molar-refractivity contribution in [1.29, 1.82) is 0 Å². The van der Waals surface area contributed by atoms with Crippen molar-refractivity contribution in [1.82, 2.24) is 4.90 Å². The fourth-order valence-corrected chi connectivity index (χ4v) is 2.50. The van der Waals surface area contributed by atoms with Crippen LogP contribution in [0.15, 0.2) is 61.3 Å². The number of hydrogen-bond acceptors (Lipinski definition) is 2. The summed E-state index contributed by atoms with van der Waals surface area (Å²) in [5, 5.41) is 0. The number of amides is 2. The average Bonchev–Trinajstić information content (AvgIpc) is 2.72. The van der Waals surface area contributed by atoms with E-state index in [2.05, 4.69) is 6.58 Å². The summed E-state index contributed by atoms with van der Waals surface area (Å²) in [5.41, 5.74) is 2.94. The lowest BCUT2D eigenvalue weighted by Crippen LogP contribution is -2.23. The van der Waals surface area contributed by atoms with Crippen LogP contribution >= 0.6 is 0 Å². The maximum absolute atomic E-state index is 12.3. The summed E-state index contributed by atoms with van der Waals surface area (Å²) in [6.07, 6.45) is 1.91. The predicted octanol–water partition coefficient (Wildman–Crippen LogP) is 3.02. The summed E-state index contributed by atoms with van der Waals surface area (Å²) < 4.78 is 0. The van der Waals surface area contributed by atoms with Crippen molar-refractivity contribution in [2.24, 2.45) is 0 Å². The third-order valence-electron chi connectivity index (χ3n) is 3.45. The Morgan fingerprint density at radius 3 is 2.40 bits per heavy atom. The standard InChI is InChI=1S/C17H13NO2/c1-2-18-16(19)14-10-6-9-13(15(14)17(18)20)11-12-7-4-3-5-8-12/h2-10H,1,11H2. The minimum absolute atomic E-state index is 0.286. The van der Waals surface area contributed by atoms with Gasteiger partial charge in [0.25, 0.3) is 11.8 Å². The van der Waals surface area contributed by atoms with Gasteiger partial charge in [0.1, 0.15) is 0 Å². The van der Waals surface area contributed by atoms with Crippen molar-refractivity contribution in [3.8, 4) is 0 Å². The largest absolute Gasteiger partial charge is 0.268 e. The van der Waals surface area contributed by atoms with Crippen LogP contribution < -0.4 is 0 Å². The summed E-state index contributed by atoms with van der Waals surface area (Å²) in [6.45, 7) is 3.52. The van der Waals surface area contributed by atoms with Gasteiger partial charge in [-0.25, -0.2) is 4.90 Å². The molecule has 0 bridgehead atoms. The molecule has 0 radical (unpaired) electrons. The molecule has 0 fully saturated rings. The molecule has 1 aliphatic heterocycles. The third kappa shape index (κ3) is 1.84. The highest BCUT2D eigenvalue weighted by Gasteiger charge is 2.35. The summed E-state index contributed by atoms with van der Waals surface area (Å²) in [7, 11) is 0. The Bertz CT molecular complexity index is 704. The minimum Gasteiger partial charge on any atom is -0.268 e. The summed E-state index contributed by atoms with van der Waals surface area (Å²) in [4.78, 5) is 25.4. The van der Waals surface area contributed by atoms with E-state index in [0.29, 0.717) is 17.5 Å². The Balaban J connectivity index is 2.06. The van der Waals surface area contributed by atoms with Crippen LogP contribution in [-0.4, -0.2) is 16.7 Å². The van der Waals surface area contributed by atoms with Gasteiger partial charge in [-0.2, -0.15) is 0 Å². The van der Waals surface area contributed by atoms with Crippen LogP contribution in [0.4, 0.5) is 0 Å². The highest BCUT2D eigenvalue weighted by atomic mass is 16.2. The van der Waals surface area contributed by atoms with E-state index in [1.54, 1.807) is 6.07 Å². The second-order valence-corrected chi connectivity index (χ2v) is 4.66. The summed E-state index contributed by atoms with van der Waals surface area (Å²) in [5.74, 6) is -0.582. The molecule has 0 aliphatic carbocycles. The normalized spacial score (nSPS) is 13.5. The second-order valence-electron chi connectivity index (χ2n) is 4.66. The third-order valence-corrected chi connectivity index (χ3v) is 3.45. The molecule has 0 saturated heterocycles. The molecule has 2 aromatic carbocycles. The number of carbonyl (C=O) groups is 2. The molecule has 20 heavy (non-hydrogen) atoms. The van der Waals surface area contributed by atoms with E-state index in [1.807, 2.05) is 42.5 Å². The molecule has 1 aliphatic rings. The Labute approximate surface area is 117 Å². The highest BCUT2D eigenvalue weighted by Crippen LogP contribution is 2.27. The average molecular weight is 263 g/mol.